The number of rotatable bonds is 12. The predicted molar refractivity (Wildman–Crippen MR) is 176 cm³/mol. The molecule has 0 bridgehead atoms. The number of nitrogens with one attached hydrogen (secondary N) is 3. The Morgan fingerprint density at radius 2 is 1.83 bits per heavy atom. The lowest BCUT2D eigenvalue weighted by atomic mass is 9.74. The summed E-state index contributed by atoms with van der Waals surface area (Å²) in [6, 6.07) is 8.93. The van der Waals surface area contributed by atoms with Gasteiger partial charge in [-0.25, -0.2) is 17.9 Å². The van der Waals surface area contributed by atoms with E-state index in [1.165, 1.54) is 31.4 Å². The average molecular weight is 667 g/mol. The third-order valence-corrected chi connectivity index (χ3v) is 11.0. The van der Waals surface area contributed by atoms with E-state index in [-0.39, 0.29) is 47.6 Å². The molecule has 0 aliphatic carbocycles. The van der Waals surface area contributed by atoms with Gasteiger partial charge in [0, 0.05) is 42.8 Å². The summed E-state index contributed by atoms with van der Waals surface area (Å²) in [5.74, 6) is -1.93. The average Bonchev–Trinajstić information content (AvgIpc) is 3.01. The van der Waals surface area contributed by atoms with Crippen LogP contribution in [0.1, 0.15) is 63.5 Å². The molecule has 2 aliphatic heterocycles. The van der Waals surface area contributed by atoms with Crippen molar-refractivity contribution in [2.24, 2.45) is 5.92 Å². The molecule has 2 heterocycles. The molecule has 2 saturated heterocycles. The van der Waals surface area contributed by atoms with Gasteiger partial charge in [-0.1, -0.05) is 25.1 Å². The smallest absolute Gasteiger partial charge is 0.407 e. The lowest BCUT2D eigenvalue weighted by Gasteiger charge is -2.49. The molecule has 2 amide bonds. The topological polar surface area (TPSA) is 132 Å². The Kier molecular flexibility index (Phi) is 12.8. The van der Waals surface area contributed by atoms with Gasteiger partial charge in [0.1, 0.15) is 17.7 Å². The van der Waals surface area contributed by atoms with Crippen molar-refractivity contribution in [1.29, 1.82) is 0 Å². The number of piperazine rings is 1. The summed E-state index contributed by atoms with van der Waals surface area (Å²) in [6.45, 7) is 7.40. The molecule has 2 fully saturated rings. The quantitative estimate of drug-likeness (QED) is 0.189. The number of alkyl carbamates (subject to hydrolysis) is 1. The van der Waals surface area contributed by atoms with Gasteiger partial charge in [-0.2, -0.15) is 0 Å². The van der Waals surface area contributed by atoms with E-state index in [9.17, 15) is 23.1 Å². The maximum Gasteiger partial charge on any atom is 0.407 e. The van der Waals surface area contributed by atoms with Crippen molar-refractivity contribution < 1.29 is 36.9 Å². The Hall–Kier alpha value is -2.81. The minimum Gasteiger partial charge on any atom is -0.453 e. The SMILES string of the molecule is CCCS(O)(O)N1CCNC[C@@H]1CCc1c(F)cccc1NC(=O)[C@@H](NC(=O)OC)C(c1ccc(F)cc1)C1CC(C)O[C@H](C)C1. The number of halogens is 2. The standard InChI is InChI=1S/C33H48F2N4O6S/c1-5-17-46(42,43)39-16-15-36-20-26(39)13-14-27-28(35)7-6-8-29(27)37-32(40)31(38-33(41)44-4)30(23-9-11-25(34)12-10-23)24-18-21(2)45-22(3)19-24/h6-12,21-22,24,26,30-31,36,42-43H,5,13-20H2,1-4H3,(H,37,40)(H,38,41)/t21-,22?,24?,26+,30?,31+/m1/s1. The zero-order valence-corrected chi connectivity index (χ0v) is 27.8. The van der Waals surface area contributed by atoms with Crippen molar-refractivity contribution in [1.82, 2.24) is 14.9 Å². The minimum atomic E-state index is -2.96. The van der Waals surface area contributed by atoms with Crippen LogP contribution in [0.5, 0.6) is 0 Å². The fourth-order valence-corrected chi connectivity index (χ4v) is 8.71. The first-order valence-electron chi connectivity index (χ1n) is 16.0. The second kappa shape index (κ2) is 16.3. The van der Waals surface area contributed by atoms with Crippen LogP contribution in [-0.2, 0) is 20.7 Å². The molecule has 3 unspecified atom stereocenters. The molecule has 13 heteroatoms. The fraction of sp³-hybridized carbons (Fsp3) is 0.576. The van der Waals surface area contributed by atoms with Gasteiger partial charge in [-0.05, 0) is 81.7 Å². The van der Waals surface area contributed by atoms with E-state index in [0.29, 0.717) is 50.9 Å². The first-order valence-corrected chi connectivity index (χ1v) is 17.7. The van der Waals surface area contributed by atoms with E-state index < -0.39 is 46.4 Å². The van der Waals surface area contributed by atoms with Gasteiger partial charge in [0.15, 0.2) is 0 Å². The number of nitrogens with zero attached hydrogens (tertiary/aromatic N) is 1. The molecular formula is C33H48F2N4O6S. The third kappa shape index (κ3) is 9.17. The number of carbonyl (C=O) groups excluding carboxylic acids is 2. The molecule has 5 N–H and O–H groups in total. The molecule has 2 aliphatic rings. The van der Waals surface area contributed by atoms with Crippen molar-refractivity contribution in [2.75, 3.05) is 37.8 Å². The number of benzene rings is 2. The highest BCUT2D eigenvalue weighted by atomic mass is 32.3. The van der Waals surface area contributed by atoms with Crippen LogP contribution in [0, 0.1) is 17.6 Å². The number of methoxy groups -OCH3 is 1. The molecule has 0 radical (unpaired) electrons. The van der Waals surface area contributed by atoms with Crippen LogP contribution in [0.15, 0.2) is 42.5 Å². The third-order valence-electron chi connectivity index (χ3n) is 8.85. The molecule has 46 heavy (non-hydrogen) atoms. The highest BCUT2D eigenvalue weighted by Crippen LogP contribution is 2.46. The molecule has 2 aromatic rings. The molecule has 6 atom stereocenters. The number of ether oxygens (including phenoxy) is 2. The highest BCUT2D eigenvalue weighted by molar-refractivity contribution is 8.22. The van der Waals surface area contributed by atoms with Crippen molar-refractivity contribution in [3.8, 4) is 0 Å². The van der Waals surface area contributed by atoms with E-state index in [2.05, 4.69) is 16.0 Å². The maximum absolute atomic E-state index is 15.4. The summed E-state index contributed by atoms with van der Waals surface area (Å²) >= 11 is 0. The lowest BCUT2D eigenvalue weighted by Crippen LogP contribution is -2.52. The number of hydrogen-bond acceptors (Lipinski definition) is 8. The van der Waals surface area contributed by atoms with Crippen LogP contribution >= 0.6 is 10.8 Å². The van der Waals surface area contributed by atoms with Gasteiger partial charge < -0.3 is 25.4 Å². The number of carbonyl (C=O) groups is 2. The molecule has 256 valence electrons. The van der Waals surface area contributed by atoms with E-state index in [1.54, 1.807) is 22.5 Å². The van der Waals surface area contributed by atoms with Crippen molar-refractivity contribution in [3.63, 3.8) is 0 Å². The van der Waals surface area contributed by atoms with Gasteiger partial charge in [0.2, 0.25) is 5.91 Å². The van der Waals surface area contributed by atoms with E-state index >= 15 is 4.39 Å². The Morgan fingerprint density at radius 1 is 1.13 bits per heavy atom. The fourth-order valence-electron chi connectivity index (χ4n) is 6.89. The van der Waals surface area contributed by atoms with E-state index in [4.69, 9.17) is 9.47 Å². The van der Waals surface area contributed by atoms with Crippen LogP contribution in [-0.4, -0.2) is 82.2 Å². The normalized spacial score (nSPS) is 24.1. The monoisotopic (exact) mass is 666 g/mol. The zero-order chi connectivity index (χ0) is 33.4. The van der Waals surface area contributed by atoms with Crippen molar-refractivity contribution in [2.45, 2.75) is 83.1 Å². The Balaban J connectivity index is 1.63. The number of hydrogen-bond donors (Lipinski definition) is 5. The lowest BCUT2D eigenvalue weighted by molar-refractivity contribution is -0.120. The molecule has 2 aromatic carbocycles. The van der Waals surface area contributed by atoms with Crippen LogP contribution in [0.4, 0.5) is 19.3 Å². The van der Waals surface area contributed by atoms with Crippen LogP contribution in [0.2, 0.25) is 0 Å². The molecular weight excluding hydrogens is 618 g/mol. The molecule has 0 saturated carbocycles. The number of anilines is 1. The first kappa shape index (κ1) is 36.0. The van der Waals surface area contributed by atoms with Gasteiger partial charge in [0.25, 0.3) is 0 Å². The van der Waals surface area contributed by atoms with E-state index in [1.807, 2.05) is 20.8 Å². The molecule has 0 spiro atoms. The van der Waals surface area contributed by atoms with Gasteiger partial charge in [-0.15, -0.1) is 10.8 Å². The maximum atomic E-state index is 15.4. The minimum absolute atomic E-state index is 0.0991. The van der Waals surface area contributed by atoms with E-state index in [0.717, 1.165) is 0 Å². The Morgan fingerprint density at radius 3 is 2.48 bits per heavy atom. The Labute approximate surface area is 272 Å². The summed E-state index contributed by atoms with van der Waals surface area (Å²) < 4.78 is 63.6. The summed E-state index contributed by atoms with van der Waals surface area (Å²) in [5.41, 5.74) is 1.19. The highest BCUT2D eigenvalue weighted by Gasteiger charge is 2.41. The van der Waals surface area contributed by atoms with Gasteiger partial charge >= 0.3 is 6.09 Å². The van der Waals surface area contributed by atoms with Crippen LogP contribution < -0.4 is 16.0 Å². The largest absolute Gasteiger partial charge is 0.453 e. The molecule has 10 nitrogen and oxygen atoms in total. The first-order chi connectivity index (χ1) is 21.9. The van der Waals surface area contributed by atoms with Gasteiger partial charge in [-0.3, -0.25) is 13.9 Å². The van der Waals surface area contributed by atoms with Crippen LogP contribution in [0.25, 0.3) is 0 Å². The summed E-state index contributed by atoms with van der Waals surface area (Å²) in [7, 11) is -1.76. The van der Waals surface area contributed by atoms with Gasteiger partial charge in [0.05, 0.1) is 25.1 Å². The second-order valence-electron chi connectivity index (χ2n) is 12.3. The van der Waals surface area contributed by atoms with Crippen molar-refractivity contribution >= 4 is 28.5 Å². The summed E-state index contributed by atoms with van der Waals surface area (Å²) in [4.78, 5) is 26.8. The number of amides is 2. The second-order valence-corrected chi connectivity index (χ2v) is 14.5. The predicted octanol–water partition coefficient (Wildman–Crippen LogP) is 5.90. The summed E-state index contributed by atoms with van der Waals surface area (Å²) in [5, 5.41) is 8.87. The molecule has 4 rings (SSSR count). The van der Waals surface area contributed by atoms with Crippen LogP contribution in [0.3, 0.4) is 0 Å². The summed E-state index contributed by atoms with van der Waals surface area (Å²) in [6.07, 6.45) is 1.45. The van der Waals surface area contributed by atoms with Crippen molar-refractivity contribution in [3.05, 3.63) is 65.2 Å². The zero-order valence-electron chi connectivity index (χ0n) is 27.0. The molecule has 0 aromatic heterocycles. The Bertz CT molecular complexity index is 1310.